The van der Waals surface area contributed by atoms with E-state index in [1.54, 1.807) is 0 Å². The molecule has 4 nitrogen and oxygen atoms in total. The summed E-state index contributed by atoms with van der Waals surface area (Å²) < 4.78 is 5.37. The maximum Gasteiger partial charge on any atom is 0.237 e. The largest absolute Gasteiger partial charge is 0.381 e. The number of rotatable bonds is 7. The van der Waals surface area contributed by atoms with Crippen LogP contribution >= 0.6 is 11.8 Å². The molecule has 3 N–H and O–H groups in total. The molecule has 0 saturated carbocycles. The molecule has 0 aromatic rings. The van der Waals surface area contributed by atoms with Crippen molar-refractivity contribution in [2.24, 2.45) is 5.73 Å². The van der Waals surface area contributed by atoms with Crippen molar-refractivity contribution in [3.8, 4) is 0 Å². The van der Waals surface area contributed by atoms with E-state index in [2.05, 4.69) is 12.2 Å². The van der Waals surface area contributed by atoms with Gasteiger partial charge in [-0.3, -0.25) is 4.79 Å². The fourth-order valence-electron chi connectivity index (χ4n) is 2.63. The first-order valence-corrected chi connectivity index (χ1v) is 8.08. The molecule has 19 heavy (non-hydrogen) atoms. The summed E-state index contributed by atoms with van der Waals surface area (Å²) in [7, 11) is 0. The Morgan fingerprint density at radius 3 is 2.47 bits per heavy atom. The first-order valence-electron chi connectivity index (χ1n) is 7.14. The molecule has 1 heterocycles. The molecule has 1 aliphatic heterocycles. The van der Waals surface area contributed by atoms with Crippen LogP contribution < -0.4 is 11.1 Å². The SMILES string of the molecule is CC(C)NC(C)(CC(C)SC1CCOCC1)C(N)=O. The van der Waals surface area contributed by atoms with E-state index >= 15 is 0 Å². The summed E-state index contributed by atoms with van der Waals surface area (Å²) in [6.45, 7) is 9.90. The van der Waals surface area contributed by atoms with Crippen LogP contribution in [0, 0.1) is 0 Å². The average molecular weight is 288 g/mol. The van der Waals surface area contributed by atoms with Crippen LogP contribution in [-0.4, -0.2) is 41.2 Å². The molecule has 2 atom stereocenters. The summed E-state index contributed by atoms with van der Waals surface area (Å²) in [5, 5.41) is 4.37. The van der Waals surface area contributed by atoms with Gasteiger partial charge in [-0.05, 0) is 40.0 Å². The molecule has 2 unspecified atom stereocenters. The second-order valence-electron chi connectivity index (χ2n) is 5.96. The number of nitrogens with one attached hydrogen (secondary N) is 1. The van der Waals surface area contributed by atoms with Crippen molar-refractivity contribution >= 4 is 17.7 Å². The molecule has 0 aliphatic carbocycles. The number of primary amides is 1. The second-order valence-corrected chi connectivity index (χ2v) is 7.70. The number of hydrogen-bond acceptors (Lipinski definition) is 4. The van der Waals surface area contributed by atoms with E-state index in [4.69, 9.17) is 10.5 Å². The van der Waals surface area contributed by atoms with Gasteiger partial charge in [0, 0.05) is 29.8 Å². The molecule has 1 amide bonds. The Morgan fingerprint density at radius 2 is 2.00 bits per heavy atom. The van der Waals surface area contributed by atoms with Gasteiger partial charge in [0.2, 0.25) is 5.91 Å². The lowest BCUT2D eigenvalue weighted by Gasteiger charge is -2.33. The second kappa shape index (κ2) is 7.50. The van der Waals surface area contributed by atoms with E-state index in [1.807, 2.05) is 32.5 Å². The highest BCUT2D eigenvalue weighted by Gasteiger charge is 2.34. The normalized spacial score (nSPS) is 22.2. The topological polar surface area (TPSA) is 64.3 Å². The summed E-state index contributed by atoms with van der Waals surface area (Å²) in [6.07, 6.45) is 2.99. The van der Waals surface area contributed by atoms with Crippen molar-refractivity contribution in [2.75, 3.05) is 13.2 Å². The van der Waals surface area contributed by atoms with Crippen molar-refractivity contribution in [1.29, 1.82) is 0 Å². The van der Waals surface area contributed by atoms with E-state index in [0.29, 0.717) is 10.5 Å². The van der Waals surface area contributed by atoms with Crippen LogP contribution in [-0.2, 0) is 9.53 Å². The summed E-state index contributed by atoms with van der Waals surface area (Å²) in [5.74, 6) is -0.263. The minimum absolute atomic E-state index is 0.248. The molecule has 1 saturated heterocycles. The minimum atomic E-state index is -0.619. The Hall–Kier alpha value is -0.260. The monoisotopic (exact) mass is 288 g/mol. The predicted octanol–water partition coefficient (Wildman–Crippen LogP) is 1.92. The Labute approximate surface area is 121 Å². The standard InChI is InChI=1S/C14H28N2O2S/c1-10(2)16-14(4,13(15)17)9-11(3)19-12-5-7-18-8-6-12/h10-12,16H,5-9H2,1-4H3,(H2,15,17). The zero-order valence-corrected chi connectivity index (χ0v) is 13.4. The van der Waals surface area contributed by atoms with Crippen LogP contribution in [0.4, 0.5) is 0 Å². The average Bonchev–Trinajstić information content (AvgIpc) is 2.28. The molecule has 0 bridgehead atoms. The number of carbonyl (C=O) groups is 1. The Bertz CT molecular complexity index is 293. The zero-order valence-electron chi connectivity index (χ0n) is 12.6. The Kier molecular flexibility index (Phi) is 6.63. The van der Waals surface area contributed by atoms with Gasteiger partial charge < -0.3 is 15.8 Å². The van der Waals surface area contributed by atoms with Crippen LogP contribution in [0.3, 0.4) is 0 Å². The van der Waals surface area contributed by atoms with Gasteiger partial charge in [-0.25, -0.2) is 0 Å². The van der Waals surface area contributed by atoms with Crippen molar-refractivity contribution in [3.05, 3.63) is 0 Å². The molecule has 1 aliphatic rings. The van der Waals surface area contributed by atoms with Gasteiger partial charge in [0.1, 0.15) is 0 Å². The molecule has 0 aromatic heterocycles. The lowest BCUT2D eigenvalue weighted by Crippen LogP contribution is -2.56. The minimum Gasteiger partial charge on any atom is -0.381 e. The quantitative estimate of drug-likeness (QED) is 0.751. The Morgan fingerprint density at radius 1 is 1.42 bits per heavy atom. The van der Waals surface area contributed by atoms with Crippen LogP contribution in [0.5, 0.6) is 0 Å². The molecule has 112 valence electrons. The molecule has 0 radical (unpaired) electrons. The smallest absolute Gasteiger partial charge is 0.237 e. The molecule has 5 heteroatoms. The van der Waals surface area contributed by atoms with E-state index < -0.39 is 5.54 Å². The maximum absolute atomic E-state index is 11.7. The zero-order chi connectivity index (χ0) is 14.5. The van der Waals surface area contributed by atoms with Crippen molar-refractivity contribution in [1.82, 2.24) is 5.32 Å². The highest BCUT2D eigenvalue weighted by molar-refractivity contribution is 8.00. The number of amides is 1. The van der Waals surface area contributed by atoms with Gasteiger partial charge in [-0.2, -0.15) is 11.8 Å². The summed E-state index contributed by atoms with van der Waals surface area (Å²) in [4.78, 5) is 11.7. The van der Waals surface area contributed by atoms with Gasteiger partial charge in [0.25, 0.3) is 0 Å². The predicted molar refractivity (Wildman–Crippen MR) is 81.4 cm³/mol. The number of hydrogen-bond donors (Lipinski definition) is 2. The summed E-state index contributed by atoms with van der Waals surface area (Å²) in [6, 6.07) is 0.248. The first kappa shape index (κ1) is 16.8. The van der Waals surface area contributed by atoms with Crippen LogP contribution in [0.25, 0.3) is 0 Å². The van der Waals surface area contributed by atoms with Crippen LogP contribution in [0.15, 0.2) is 0 Å². The first-order chi connectivity index (χ1) is 8.83. The van der Waals surface area contributed by atoms with Crippen LogP contribution in [0.2, 0.25) is 0 Å². The van der Waals surface area contributed by atoms with Crippen molar-refractivity contribution in [3.63, 3.8) is 0 Å². The fourth-order valence-corrected chi connectivity index (χ4v) is 4.18. The lowest BCUT2D eigenvalue weighted by molar-refractivity contribution is -0.124. The molecular weight excluding hydrogens is 260 g/mol. The molecule has 1 rings (SSSR count). The molecular formula is C14H28N2O2S. The third-order valence-corrected chi connectivity index (χ3v) is 4.93. The highest BCUT2D eigenvalue weighted by atomic mass is 32.2. The number of carbonyl (C=O) groups excluding carboxylic acids is 1. The maximum atomic E-state index is 11.7. The van der Waals surface area contributed by atoms with Gasteiger partial charge in [0.05, 0.1) is 5.54 Å². The van der Waals surface area contributed by atoms with Gasteiger partial charge in [-0.15, -0.1) is 0 Å². The third-order valence-electron chi connectivity index (χ3n) is 3.44. The van der Waals surface area contributed by atoms with Crippen molar-refractivity contribution < 1.29 is 9.53 Å². The van der Waals surface area contributed by atoms with Crippen molar-refractivity contribution in [2.45, 2.75) is 69.0 Å². The van der Waals surface area contributed by atoms with E-state index in [1.165, 1.54) is 0 Å². The number of thioether (sulfide) groups is 1. The number of nitrogens with two attached hydrogens (primary N) is 1. The molecule has 0 spiro atoms. The highest BCUT2D eigenvalue weighted by Crippen LogP contribution is 2.30. The van der Waals surface area contributed by atoms with Crippen LogP contribution in [0.1, 0.15) is 47.0 Å². The Balaban J connectivity index is 2.50. The lowest BCUT2D eigenvalue weighted by atomic mass is 9.94. The van der Waals surface area contributed by atoms with E-state index in [0.717, 1.165) is 32.5 Å². The third kappa shape index (κ3) is 5.71. The van der Waals surface area contributed by atoms with Gasteiger partial charge in [0.15, 0.2) is 0 Å². The van der Waals surface area contributed by atoms with Gasteiger partial charge in [-0.1, -0.05) is 6.92 Å². The number of ether oxygens (including phenoxy) is 1. The van der Waals surface area contributed by atoms with E-state index in [-0.39, 0.29) is 11.9 Å². The van der Waals surface area contributed by atoms with E-state index in [9.17, 15) is 4.79 Å². The van der Waals surface area contributed by atoms with Gasteiger partial charge >= 0.3 is 0 Å². The molecule has 0 aromatic carbocycles. The molecule has 1 fully saturated rings. The summed E-state index contributed by atoms with van der Waals surface area (Å²) >= 11 is 1.96. The summed E-state index contributed by atoms with van der Waals surface area (Å²) in [5.41, 5.74) is 4.95. The fraction of sp³-hybridized carbons (Fsp3) is 0.929.